The van der Waals surface area contributed by atoms with Gasteiger partial charge in [-0.15, -0.1) is 0 Å². The highest BCUT2D eigenvalue weighted by molar-refractivity contribution is 5.74. The fourth-order valence-electron chi connectivity index (χ4n) is 2.50. The molecule has 0 saturated carbocycles. The summed E-state index contributed by atoms with van der Waals surface area (Å²) in [5.74, 6) is 0.508. The molecule has 3 atom stereocenters. The number of fused-ring (bicyclic) bond motifs is 2. The zero-order valence-electron chi connectivity index (χ0n) is 9.55. The van der Waals surface area contributed by atoms with Gasteiger partial charge in [-0.1, -0.05) is 13.8 Å². The lowest BCUT2D eigenvalue weighted by Gasteiger charge is -2.21. The van der Waals surface area contributed by atoms with E-state index in [9.17, 15) is 4.79 Å². The van der Waals surface area contributed by atoms with Crippen LogP contribution in [0.3, 0.4) is 0 Å². The molecule has 2 saturated heterocycles. The summed E-state index contributed by atoms with van der Waals surface area (Å²) in [4.78, 5) is 11.5. The van der Waals surface area contributed by atoms with Gasteiger partial charge < -0.3 is 16.0 Å². The van der Waals surface area contributed by atoms with Crippen molar-refractivity contribution < 1.29 is 4.79 Å². The van der Waals surface area contributed by atoms with Crippen LogP contribution in [0.1, 0.15) is 33.1 Å². The molecule has 0 aromatic carbocycles. The minimum absolute atomic E-state index is 0.0111. The molecule has 0 aromatic rings. The molecule has 2 heterocycles. The number of amides is 2. The number of carbonyl (C=O) groups excluding carboxylic acids is 1. The fourth-order valence-corrected chi connectivity index (χ4v) is 2.50. The predicted molar refractivity (Wildman–Crippen MR) is 59.7 cm³/mol. The molecule has 2 aliphatic heterocycles. The highest BCUT2D eigenvalue weighted by Gasteiger charge is 2.39. The number of rotatable bonds is 3. The van der Waals surface area contributed by atoms with Gasteiger partial charge in [-0.3, -0.25) is 0 Å². The Morgan fingerprint density at radius 3 is 2.80 bits per heavy atom. The molecule has 2 rings (SSSR count). The Morgan fingerprint density at radius 2 is 2.27 bits per heavy atom. The smallest absolute Gasteiger partial charge is 0.315 e. The first-order chi connectivity index (χ1) is 7.15. The highest BCUT2D eigenvalue weighted by Crippen LogP contribution is 2.27. The van der Waals surface area contributed by atoms with Crippen LogP contribution in [0.5, 0.6) is 0 Å². The van der Waals surface area contributed by atoms with E-state index < -0.39 is 0 Å². The third kappa shape index (κ3) is 2.62. The Morgan fingerprint density at radius 1 is 1.47 bits per heavy atom. The van der Waals surface area contributed by atoms with E-state index in [0.717, 1.165) is 13.0 Å². The standard InChI is InChI=1S/C11H21N3O/c1-7(2)6-12-11(15)14-10-5-8-3-4-9(10)13-8/h7-10,13H,3-6H2,1-2H3,(H2,12,14,15). The molecule has 3 unspecified atom stereocenters. The molecule has 0 radical (unpaired) electrons. The Bertz CT molecular complexity index is 242. The van der Waals surface area contributed by atoms with Gasteiger partial charge >= 0.3 is 6.03 Å². The van der Waals surface area contributed by atoms with Crippen LogP contribution in [0.2, 0.25) is 0 Å². The van der Waals surface area contributed by atoms with Crippen molar-refractivity contribution in [1.82, 2.24) is 16.0 Å². The van der Waals surface area contributed by atoms with Crippen molar-refractivity contribution in [2.75, 3.05) is 6.54 Å². The van der Waals surface area contributed by atoms with E-state index in [1.807, 2.05) is 0 Å². The van der Waals surface area contributed by atoms with Crippen molar-refractivity contribution >= 4 is 6.03 Å². The van der Waals surface area contributed by atoms with E-state index in [4.69, 9.17) is 0 Å². The van der Waals surface area contributed by atoms with Crippen molar-refractivity contribution in [2.24, 2.45) is 5.92 Å². The molecule has 0 aliphatic carbocycles. The van der Waals surface area contributed by atoms with Gasteiger partial charge in [0.2, 0.25) is 0 Å². The molecule has 15 heavy (non-hydrogen) atoms. The number of hydrogen-bond acceptors (Lipinski definition) is 2. The van der Waals surface area contributed by atoms with Crippen molar-refractivity contribution in [3.8, 4) is 0 Å². The normalized spacial score (nSPS) is 33.4. The van der Waals surface area contributed by atoms with E-state index in [0.29, 0.717) is 24.0 Å². The molecule has 0 spiro atoms. The molecule has 2 amide bonds. The highest BCUT2D eigenvalue weighted by atomic mass is 16.2. The van der Waals surface area contributed by atoms with Crippen LogP contribution in [0.15, 0.2) is 0 Å². The number of urea groups is 1. The summed E-state index contributed by atoms with van der Waals surface area (Å²) in [6.45, 7) is 4.94. The second kappa shape index (κ2) is 4.39. The quantitative estimate of drug-likeness (QED) is 0.648. The number of carbonyl (C=O) groups is 1. The summed E-state index contributed by atoms with van der Waals surface area (Å²) in [5.41, 5.74) is 0. The zero-order valence-corrected chi connectivity index (χ0v) is 9.55. The summed E-state index contributed by atoms with van der Waals surface area (Å²) in [5, 5.41) is 9.45. The van der Waals surface area contributed by atoms with Gasteiger partial charge in [-0.2, -0.15) is 0 Å². The first kappa shape index (κ1) is 10.7. The molecular formula is C11H21N3O. The predicted octanol–water partition coefficient (Wildman–Crippen LogP) is 0.834. The molecule has 2 bridgehead atoms. The Kier molecular flexibility index (Phi) is 3.14. The zero-order chi connectivity index (χ0) is 10.8. The maximum absolute atomic E-state index is 11.5. The average Bonchev–Trinajstić information content (AvgIpc) is 2.76. The molecule has 4 heteroatoms. The van der Waals surface area contributed by atoms with Gasteiger partial charge in [0.25, 0.3) is 0 Å². The summed E-state index contributed by atoms with van der Waals surface area (Å²) in [6, 6.07) is 1.49. The lowest BCUT2D eigenvalue weighted by atomic mass is 9.96. The maximum Gasteiger partial charge on any atom is 0.315 e. The van der Waals surface area contributed by atoms with Crippen LogP contribution in [0.25, 0.3) is 0 Å². The molecule has 2 aliphatic rings. The molecular weight excluding hydrogens is 190 g/mol. The van der Waals surface area contributed by atoms with Crippen LogP contribution in [-0.4, -0.2) is 30.7 Å². The number of hydrogen-bond donors (Lipinski definition) is 3. The Hall–Kier alpha value is -0.770. The van der Waals surface area contributed by atoms with Gasteiger partial charge in [0.15, 0.2) is 0 Å². The second-order valence-corrected chi connectivity index (χ2v) is 5.14. The minimum atomic E-state index is -0.0111. The van der Waals surface area contributed by atoms with Gasteiger partial charge in [0.1, 0.15) is 0 Å². The average molecular weight is 211 g/mol. The third-order valence-electron chi connectivity index (χ3n) is 3.29. The van der Waals surface area contributed by atoms with Crippen molar-refractivity contribution in [1.29, 1.82) is 0 Å². The second-order valence-electron chi connectivity index (χ2n) is 5.14. The lowest BCUT2D eigenvalue weighted by molar-refractivity contribution is 0.233. The van der Waals surface area contributed by atoms with Crippen LogP contribution in [0, 0.1) is 5.92 Å². The van der Waals surface area contributed by atoms with E-state index >= 15 is 0 Å². The lowest BCUT2D eigenvalue weighted by Crippen LogP contribution is -2.48. The van der Waals surface area contributed by atoms with Crippen LogP contribution >= 0.6 is 0 Å². The summed E-state index contributed by atoms with van der Waals surface area (Å²) < 4.78 is 0. The largest absolute Gasteiger partial charge is 0.338 e. The SMILES string of the molecule is CC(C)CNC(=O)NC1CC2CCC1N2. The Balaban J connectivity index is 1.71. The van der Waals surface area contributed by atoms with E-state index in [1.54, 1.807) is 0 Å². The van der Waals surface area contributed by atoms with Gasteiger partial charge in [-0.05, 0) is 25.2 Å². The molecule has 86 valence electrons. The molecule has 4 nitrogen and oxygen atoms in total. The van der Waals surface area contributed by atoms with Gasteiger partial charge in [0, 0.05) is 24.7 Å². The van der Waals surface area contributed by atoms with Gasteiger partial charge in [0.05, 0.1) is 0 Å². The third-order valence-corrected chi connectivity index (χ3v) is 3.29. The molecule has 3 N–H and O–H groups in total. The summed E-state index contributed by atoms with van der Waals surface area (Å²) >= 11 is 0. The monoisotopic (exact) mass is 211 g/mol. The molecule has 2 fully saturated rings. The van der Waals surface area contributed by atoms with E-state index in [-0.39, 0.29) is 6.03 Å². The van der Waals surface area contributed by atoms with Crippen LogP contribution in [0.4, 0.5) is 4.79 Å². The Labute approximate surface area is 91.2 Å². The summed E-state index contributed by atoms with van der Waals surface area (Å²) in [7, 11) is 0. The van der Waals surface area contributed by atoms with Crippen LogP contribution in [-0.2, 0) is 0 Å². The van der Waals surface area contributed by atoms with Gasteiger partial charge in [-0.25, -0.2) is 4.79 Å². The summed E-state index contributed by atoms with van der Waals surface area (Å²) in [6.07, 6.45) is 3.58. The van der Waals surface area contributed by atoms with Crippen molar-refractivity contribution in [2.45, 2.75) is 51.2 Å². The minimum Gasteiger partial charge on any atom is -0.338 e. The topological polar surface area (TPSA) is 53.2 Å². The van der Waals surface area contributed by atoms with Crippen LogP contribution < -0.4 is 16.0 Å². The number of nitrogens with one attached hydrogen (secondary N) is 3. The van der Waals surface area contributed by atoms with Crippen molar-refractivity contribution in [3.05, 3.63) is 0 Å². The maximum atomic E-state index is 11.5. The molecule has 0 aromatic heterocycles. The van der Waals surface area contributed by atoms with E-state index in [1.165, 1.54) is 12.8 Å². The van der Waals surface area contributed by atoms with E-state index in [2.05, 4.69) is 29.8 Å². The van der Waals surface area contributed by atoms with Crippen molar-refractivity contribution in [3.63, 3.8) is 0 Å². The first-order valence-electron chi connectivity index (χ1n) is 5.95. The first-order valence-corrected chi connectivity index (χ1v) is 5.95. The fraction of sp³-hybridized carbons (Fsp3) is 0.909.